The van der Waals surface area contributed by atoms with Crippen LogP contribution in [0, 0.1) is 0 Å². The Morgan fingerprint density at radius 3 is 2.40 bits per heavy atom. The van der Waals surface area contributed by atoms with E-state index in [9.17, 15) is 14.7 Å². The molecule has 25 heavy (non-hydrogen) atoms. The topological polar surface area (TPSA) is 85.8 Å². The molecule has 0 saturated heterocycles. The molecule has 0 radical (unpaired) electrons. The number of fused-ring (bicyclic) bond motifs is 1. The number of carbonyl (C=O) groups excluding carboxylic acids is 1. The number of hydrogen-bond donors (Lipinski definition) is 2. The molecule has 0 atom stereocenters. The predicted octanol–water partition coefficient (Wildman–Crippen LogP) is 2.97. The molecule has 3 aromatic rings. The molecular formula is C19H17N3O3. The van der Waals surface area contributed by atoms with E-state index in [4.69, 9.17) is 0 Å². The lowest BCUT2D eigenvalue weighted by atomic mass is 10.1. The molecule has 0 spiro atoms. The molecule has 0 bridgehead atoms. The normalized spacial score (nSPS) is 11.1. The molecule has 0 unspecified atom stereocenters. The average Bonchev–Trinajstić information content (AvgIpc) is 2.61. The first kappa shape index (κ1) is 16.4. The van der Waals surface area contributed by atoms with Gasteiger partial charge in [0.05, 0.1) is 11.3 Å². The van der Waals surface area contributed by atoms with E-state index < -0.39 is 0 Å². The molecule has 126 valence electrons. The van der Waals surface area contributed by atoms with Gasteiger partial charge in [0, 0.05) is 36.6 Å². The molecule has 0 aliphatic carbocycles. The maximum atomic E-state index is 11.9. The van der Waals surface area contributed by atoms with Crippen molar-refractivity contribution in [2.24, 2.45) is 4.99 Å². The van der Waals surface area contributed by atoms with Crippen LogP contribution in [-0.2, 0) is 4.79 Å². The number of anilines is 1. The summed E-state index contributed by atoms with van der Waals surface area (Å²) >= 11 is 0. The van der Waals surface area contributed by atoms with Crippen LogP contribution < -0.4 is 10.5 Å². The van der Waals surface area contributed by atoms with Gasteiger partial charge in [-0.1, -0.05) is 18.2 Å². The maximum absolute atomic E-state index is 11.9. The highest BCUT2D eigenvalue weighted by Gasteiger charge is 2.09. The van der Waals surface area contributed by atoms with Gasteiger partial charge >= 0.3 is 0 Å². The smallest absolute Gasteiger partial charge is 0.258 e. The minimum absolute atomic E-state index is 0.0547. The number of H-pyrrole nitrogens is 1. The van der Waals surface area contributed by atoms with Crippen LogP contribution in [0.2, 0.25) is 0 Å². The van der Waals surface area contributed by atoms with Gasteiger partial charge in [-0.25, -0.2) is 0 Å². The summed E-state index contributed by atoms with van der Waals surface area (Å²) in [4.78, 5) is 31.6. The number of carbonyl (C=O) groups is 1. The largest absolute Gasteiger partial charge is 0.494 e. The Hall–Kier alpha value is -3.41. The Kier molecular flexibility index (Phi) is 4.35. The van der Waals surface area contributed by atoms with Crippen molar-refractivity contribution in [3.63, 3.8) is 0 Å². The third kappa shape index (κ3) is 3.28. The highest BCUT2D eigenvalue weighted by Crippen LogP contribution is 2.23. The zero-order valence-corrected chi connectivity index (χ0v) is 13.9. The molecule has 1 aromatic heterocycles. The van der Waals surface area contributed by atoms with Crippen LogP contribution in [0.4, 0.5) is 11.4 Å². The van der Waals surface area contributed by atoms with Crippen LogP contribution in [0.5, 0.6) is 5.88 Å². The highest BCUT2D eigenvalue weighted by atomic mass is 16.3. The van der Waals surface area contributed by atoms with Crippen LogP contribution in [0.1, 0.15) is 12.5 Å². The zero-order chi connectivity index (χ0) is 18.0. The van der Waals surface area contributed by atoms with Gasteiger partial charge in [0.25, 0.3) is 5.56 Å². The van der Waals surface area contributed by atoms with Crippen molar-refractivity contribution in [3.8, 4) is 5.88 Å². The third-order valence-electron chi connectivity index (χ3n) is 4.00. The number of pyridine rings is 1. The van der Waals surface area contributed by atoms with E-state index in [0.29, 0.717) is 22.0 Å². The first-order valence-corrected chi connectivity index (χ1v) is 7.70. The van der Waals surface area contributed by atoms with Gasteiger partial charge in [-0.2, -0.15) is 0 Å². The van der Waals surface area contributed by atoms with Gasteiger partial charge < -0.3 is 10.0 Å². The summed E-state index contributed by atoms with van der Waals surface area (Å²) in [5.41, 5.74) is 1.53. The number of amides is 1. The molecule has 0 fully saturated rings. The lowest BCUT2D eigenvalue weighted by Crippen LogP contribution is -2.22. The molecule has 6 nitrogen and oxygen atoms in total. The summed E-state index contributed by atoms with van der Waals surface area (Å²) in [6, 6.07) is 14.1. The Morgan fingerprint density at radius 2 is 1.76 bits per heavy atom. The second-order valence-electron chi connectivity index (χ2n) is 5.61. The Bertz CT molecular complexity index is 1020. The number of benzene rings is 2. The van der Waals surface area contributed by atoms with Crippen molar-refractivity contribution in [2.45, 2.75) is 6.92 Å². The second kappa shape index (κ2) is 6.60. The number of nitrogens with zero attached hydrogens (tertiary/aromatic N) is 2. The van der Waals surface area contributed by atoms with E-state index in [2.05, 4.69) is 9.98 Å². The fourth-order valence-corrected chi connectivity index (χ4v) is 2.50. The van der Waals surface area contributed by atoms with Gasteiger partial charge in [0.2, 0.25) is 11.8 Å². The molecule has 0 aliphatic rings. The van der Waals surface area contributed by atoms with Crippen LogP contribution in [0.15, 0.2) is 58.3 Å². The SMILES string of the molecule is CC(=O)N(C)c1ccc(N=Cc2c(O)[nH]c(=O)c3ccccc23)cc1. The number of aromatic nitrogens is 1. The quantitative estimate of drug-likeness (QED) is 0.722. The van der Waals surface area contributed by atoms with Crippen LogP contribution in [-0.4, -0.2) is 29.3 Å². The maximum Gasteiger partial charge on any atom is 0.258 e. The summed E-state index contributed by atoms with van der Waals surface area (Å²) in [5.74, 6) is -0.277. The van der Waals surface area contributed by atoms with Crippen molar-refractivity contribution < 1.29 is 9.90 Å². The van der Waals surface area contributed by atoms with Gasteiger partial charge in [0.1, 0.15) is 0 Å². The Balaban J connectivity index is 1.96. The van der Waals surface area contributed by atoms with Crippen LogP contribution >= 0.6 is 0 Å². The predicted molar refractivity (Wildman–Crippen MR) is 99.0 cm³/mol. The fraction of sp³-hybridized carbons (Fsp3) is 0.105. The molecule has 1 amide bonds. The molecule has 0 saturated carbocycles. The Labute approximate surface area is 144 Å². The number of aliphatic imine (C=N–C) groups is 1. The van der Waals surface area contributed by atoms with E-state index in [0.717, 1.165) is 5.69 Å². The average molecular weight is 335 g/mol. The number of rotatable bonds is 3. The summed E-state index contributed by atoms with van der Waals surface area (Å²) in [6.07, 6.45) is 1.51. The molecule has 3 rings (SSSR count). The van der Waals surface area contributed by atoms with Crippen molar-refractivity contribution in [1.82, 2.24) is 4.98 Å². The highest BCUT2D eigenvalue weighted by molar-refractivity contribution is 6.02. The summed E-state index contributed by atoms with van der Waals surface area (Å²) in [6.45, 7) is 1.50. The summed E-state index contributed by atoms with van der Waals surface area (Å²) in [7, 11) is 1.70. The number of aromatic amines is 1. The zero-order valence-electron chi connectivity index (χ0n) is 13.9. The monoisotopic (exact) mass is 335 g/mol. The number of hydrogen-bond acceptors (Lipinski definition) is 4. The first-order valence-electron chi connectivity index (χ1n) is 7.70. The van der Waals surface area contributed by atoms with Crippen molar-refractivity contribution in [1.29, 1.82) is 0 Å². The summed E-state index contributed by atoms with van der Waals surface area (Å²) in [5, 5.41) is 11.2. The number of nitrogens with one attached hydrogen (secondary N) is 1. The molecular weight excluding hydrogens is 318 g/mol. The lowest BCUT2D eigenvalue weighted by Gasteiger charge is -2.14. The molecule has 2 aromatic carbocycles. The van der Waals surface area contributed by atoms with Gasteiger partial charge in [-0.15, -0.1) is 0 Å². The van der Waals surface area contributed by atoms with E-state index in [-0.39, 0.29) is 17.3 Å². The van der Waals surface area contributed by atoms with Crippen LogP contribution in [0.25, 0.3) is 10.8 Å². The van der Waals surface area contributed by atoms with Gasteiger partial charge in [-0.3, -0.25) is 19.6 Å². The van der Waals surface area contributed by atoms with Crippen molar-refractivity contribution in [2.75, 3.05) is 11.9 Å². The van der Waals surface area contributed by atoms with E-state index in [1.165, 1.54) is 18.0 Å². The number of aromatic hydroxyl groups is 1. The van der Waals surface area contributed by atoms with Crippen molar-refractivity contribution >= 4 is 34.3 Å². The molecule has 0 aliphatic heterocycles. The Morgan fingerprint density at radius 1 is 1.12 bits per heavy atom. The molecule has 6 heteroatoms. The van der Waals surface area contributed by atoms with Gasteiger partial charge in [-0.05, 0) is 30.3 Å². The van der Waals surface area contributed by atoms with Gasteiger partial charge in [0.15, 0.2) is 0 Å². The summed E-state index contributed by atoms with van der Waals surface area (Å²) < 4.78 is 0. The third-order valence-corrected chi connectivity index (χ3v) is 4.00. The van der Waals surface area contributed by atoms with E-state index >= 15 is 0 Å². The minimum atomic E-state index is -0.345. The fourth-order valence-electron chi connectivity index (χ4n) is 2.50. The first-order chi connectivity index (χ1) is 12.0. The lowest BCUT2D eigenvalue weighted by molar-refractivity contribution is -0.116. The second-order valence-corrected chi connectivity index (χ2v) is 5.61. The minimum Gasteiger partial charge on any atom is -0.494 e. The molecule has 1 heterocycles. The standard InChI is InChI=1S/C19H17N3O3/c1-12(23)22(2)14-9-7-13(8-10-14)20-11-17-15-5-3-4-6-16(15)18(24)21-19(17)25/h3-11H,1-2H3,(H2,21,24,25). The van der Waals surface area contributed by atoms with E-state index in [1.54, 1.807) is 55.6 Å². The van der Waals surface area contributed by atoms with Crippen molar-refractivity contribution in [3.05, 3.63) is 64.4 Å². The van der Waals surface area contributed by atoms with E-state index in [1.807, 2.05) is 0 Å². The molecule has 2 N–H and O–H groups in total. The van der Waals surface area contributed by atoms with Crippen LogP contribution in [0.3, 0.4) is 0 Å².